The Hall–Kier alpha value is -2.64. The molecule has 31 heavy (non-hydrogen) atoms. The average Bonchev–Trinajstić information content (AvgIpc) is 3.15. The van der Waals surface area contributed by atoms with Crippen LogP contribution in [0.3, 0.4) is 0 Å². The highest BCUT2D eigenvalue weighted by molar-refractivity contribution is 6.63. The third-order valence-corrected chi connectivity index (χ3v) is 5.75. The third-order valence-electron chi connectivity index (χ3n) is 5.75. The Morgan fingerprint density at radius 3 is 2.42 bits per heavy atom. The average molecular weight is 432 g/mol. The fourth-order valence-corrected chi connectivity index (χ4v) is 3.21. The van der Waals surface area contributed by atoms with E-state index in [0.29, 0.717) is 35.0 Å². The Morgan fingerprint density at radius 2 is 1.87 bits per heavy atom. The minimum atomic E-state index is -2.48. The second kappa shape index (κ2) is 8.48. The second-order valence-corrected chi connectivity index (χ2v) is 8.45. The van der Waals surface area contributed by atoms with E-state index in [1.165, 1.54) is 9.58 Å². The van der Waals surface area contributed by atoms with Crippen molar-refractivity contribution in [1.82, 2.24) is 9.78 Å². The highest BCUT2D eigenvalue weighted by Crippen LogP contribution is 2.37. The van der Waals surface area contributed by atoms with Crippen molar-refractivity contribution in [1.29, 1.82) is 5.26 Å². The van der Waals surface area contributed by atoms with Crippen LogP contribution < -0.4 is 15.1 Å². The van der Waals surface area contributed by atoms with Crippen molar-refractivity contribution < 1.29 is 22.8 Å². The molecule has 1 aromatic heterocycles. The molecule has 166 valence electrons. The standard InChI is InChI=1S/C21H27BF2N4O3/c1-7-28(13-17(23)24)18-11-19(27(6)26-18)29-16-10-14(12-25)8-9-15(16)22-30-20(2,3)21(4,5)31-22/h8-11,17H,7,13H2,1-6H3. The summed E-state index contributed by atoms with van der Waals surface area (Å²) >= 11 is 0. The van der Waals surface area contributed by atoms with Gasteiger partial charge >= 0.3 is 7.12 Å². The smallest absolute Gasteiger partial charge is 0.440 e. The number of benzene rings is 1. The summed E-state index contributed by atoms with van der Waals surface area (Å²) in [6.45, 7) is 9.55. The number of aryl methyl sites for hydroxylation is 1. The molecule has 1 saturated heterocycles. The topological polar surface area (TPSA) is 72.5 Å². The van der Waals surface area contributed by atoms with Crippen molar-refractivity contribution in [3.63, 3.8) is 0 Å². The summed E-state index contributed by atoms with van der Waals surface area (Å²) in [6, 6.07) is 8.70. The molecule has 1 aliphatic rings. The molecule has 0 radical (unpaired) electrons. The summed E-state index contributed by atoms with van der Waals surface area (Å²) in [5, 5.41) is 13.6. The lowest BCUT2D eigenvalue weighted by molar-refractivity contribution is 0.00578. The lowest BCUT2D eigenvalue weighted by atomic mass is 9.78. The highest BCUT2D eigenvalue weighted by Gasteiger charge is 2.52. The van der Waals surface area contributed by atoms with Gasteiger partial charge < -0.3 is 18.9 Å². The maximum absolute atomic E-state index is 12.9. The van der Waals surface area contributed by atoms with Crippen LogP contribution in [0.15, 0.2) is 24.3 Å². The van der Waals surface area contributed by atoms with Gasteiger partial charge in [0.05, 0.1) is 29.4 Å². The van der Waals surface area contributed by atoms with E-state index in [1.807, 2.05) is 27.7 Å². The first kappa shape index (κ1) is 23.0. The normalized spacial score (nSPS) is 17.1. The number of nitrogens with zero attached hydrogens (tertiary/aromatic N) is 4. The van der Waals surface area contributed by atoms with Gasteiger partial charge in [-0.2, -0.15) is 10.4 Å². The Bertz CT molecular complexity index is 971. The van der Waals surface area contributed by atoms with Crippen molar-refractivity contribution >= 4 is 18.4 Å². The van der Waals surface area contributed by atoms with Crippen LogP contribution in [0.25, 0.3) is 0 Å². The number of halogens is 2. The van der Waals surface area contributed by atoms with Gasteiger partial charge in [-0.05, 0) is 46.8 Å². The largest absolute Gasteiger partial charge is 0.498 e. The highest BCUT2D eigenvalue weighted by atomic mass is 19.3. The van der Waals surface area contributed by atoms with Crippen molar-refractivity contribution in [2.24, 2.45) is 7.05 Å². The Balaban J connectivity index is 1.94. The summed E-state index contributed by atoms with van der Waals surface area (Å²) in [6.07, 6.45) is -2.48. The SMILES string of the molecule is CCN(CC(F)F)c1cc(Oc2cc(C#N)ccc2B2OC(C)(C)C(C)(C)O2)n(C)n1. The van der Waals surface area contributed by atoms with Crippen LogP contribution in [0.1, 0.15) is 40.2 Å². The van der Waals surface area contributed by atoms with Gasteiger partial charge in [-0.1, -0.05) is 6.07 Å². The predicted octanol–water partition coefficient (Wildman–Crippen LogP) is 3.47. The van der Waals surface area contributed by atoms with Gasteiger partial charge in [0.2, 0.25) is 5.88 Å². The van der Waals surface area contributed by atoms with E-state index < -0.39 is 31.3 Å². The fraction of sp³-hybridized carbons (Fsp3) is 0.524. The molecule has 0 aliphatic carbocycles. The number of alkyl halides is 2. The van der Waals surface area contributed by atoms with Crippen LogP contribution in [0.5, 0.6) is 11.6 Å². The van der Waals surface area contributed by atoms with Crippen LogP contribution in [-0.2, 0) is 16.4 Å². The second-order valence-electron chi connectivity index (χ2n) is 8.45. The molecule has 0 saturated carbocycles. The molecule has 1 aliphatic heterocycles. The summed E-state index contributed by atoms with van der Waals surface area (Å²) < 4.78 is 45.6. The van der Waals surface area contributed by atoms with Crippen molar-refractivity contribution in [3.8, 4) is 17.7 Å². The number of nitriles is 1. The minimum absolute atomic E-state index is 0.343. The van der Waals surface area contributed by atoms with Crippen LogP contribution in [0, 0.1) is 11.3 Å². The third kappa shape index (κ3) is 4.68. The maximum Gasteiger partial charge on any atom is 0.498 e. The fourth-order valence-electron chi connectivity index (χ4n) is 3.21. The van der Waals surface area contributed by atoms with Crippen LogP contribution in [0.2, 0.25) is 0 Å². The van der Waals surface area contributed by atoms with Crippen LogP contribution >= 0.6 is 0 Å². The Morgan fingerprint density at radius 1 is 1.23 bits per heavy atom. The van der Waals surface area contributed by atoms with Crippen LogP contribution in [-0.4, -0.2) is 47.6 Å². The molecule has 2 heterocycles. The lowest BCUT2D eigenvalue weighted by Crippen LogP contribution is -2.41. The quantitative estimate of drug-likeness (QED) is 0.624. The monoisotopic (exact) mass is 432 g/mol. The van der Waals surface area contributed by atoms with E-state index in [9.17, 15) is 14.0 Å². The first-order chi connectivity index (χ1) is 14.5. The first-order valence-corrected chi connectivity index (χ1v) is 10.1. The molecule has 0 spiro atoms. The molecule has 0 bridgehead atoms. The molecule has 0 N–H and O–H groups in total. The van der Waals surface area contributed by atoms with E-state index in [-0.39, 0.29) is 0 Å². The van der Waals surface area contributed by atoms with E-state index in [0.717, 1.165) is 0 Å². The van der Waals surface area contributed by atoms with Crippen molar-refractivity contribution in [2.75, 3.05) is 18.0 Å². The van der Waals surface area contributed by atoms with Gasteiger partial charge in [-0.15, -0.1) is 0 Å². The molecule has 7 nitrogen and oxygen atoms in total. The summed E-state index contributed by atoms with van der Waals surface area (Å²) in [5.41, 5.74) is -0.0512. The van der Waals surface area contributed by atoms with Gasteiger partial charge in [0, 0.05) is 25.1 Å². The van der Waals surface area contributed by atoms with E-state index >= 15 is 0 Å². The number of hydrogen-bond donors (Lipinski definition) is 0. The number of rotatable bonds is 7. The zero-order chi connectivity index (χ0) is 23.0. The minimum Gasteiger partial charge on any atom is -0.440 e. The first-order valence-electron chi connectivity index (χ1n) is 10.1. The molecule has 0 atom stereocenters. The number of aromatic nitrogens is 2. The molecule has 3 rings (SSSR count). The number of hydrogen-bond acceptors (Lipinski definition) is 6. The lowest BCUT2D eigenvalue weighted by Gasteiger charge is -2.32. The molecule has 0 amide bonds. The number of anilines is 1. The molecule has 10 heteroatoms. The van der Waals surface area contributed by atoms with Crippen LogP contribution in [0.4, 0.5) is 14.6 Å². The van der Waals surface area contributed by atoms with Gasteiger partial charge in [-0.25, -0.2) is 13.5 Å². The van der Waals surface area contributed by atoms with Gasteiger partial charge in [-0.3, -0.25) is 0 Å². The summed E-state index contributed by atoms with van der Waals surface area (Å²) in [5.74, 6) is 1.11. The molecular formula is C21H27BF2N4O3. The zero-order valence-corrected chi connectivity index (χ0v) is 18.6. The molecule has 0 unspecified atom stereocenters. The molecule has 2 aromatic rings. The summed E-state index contributed by atoms with van der Waals surface area (Å²) in [7, 11) is 0.976. The Labute approximate surface area is 181 Å². The zero-order valence-electron chi connectivity index (χ0n) is 18.6. The van der Waals surface area contributed by atoms with E-state index in [1.54, 1.807) is 38.2 Å². The van der Waals surface area contributed by atoms with Crippen molar-refractivity contribution in [3.05, 3.63) is 29.8 Å². The van der Waals surface area contributed by atoms with Gasteiger partial charge in [0.25, 0.3) is 6.43 Å². The maximum atomic E-state index is 12.9. The summed E-state index contributed by atoms with van der Waals surface area (Å²) in [4.78, 5) is 1.47. The van der Waals surface area contributed by atoms with Gasteiger partial charge in [0.15, 0.2) is 5.82 Å². The predicted molar refractivity (Wildman–Crippen MR) is 114 cm³/mol. The van der Waals surface area contributed by atoms with E-state index in [4.69, 9.17) is 14.0 Å². The Kier molecular flexibility index (Phi) is 6.30. The molecule has 1 fully saturated rings. The van der Waals surface area contributed by atoms with Crippen molar-refractivity contribution in [2.45, 2.75) is 52.2 Å². The number of ether oxygens (including phenoxy) is 1. The molecular weight excluding hydrogens is 405 g/mol. The van der Waals surface area contributed by atoms with E-state index in [2.05, 4.69) is 11.2 Å². The van der Waals surface area contributed by atoms with Gasteiger partial charge in [0.1, 0.15) is 5.75 Å². The molecule has 1 aromatic carbocycles.